The van der Waals surface area contributed by atoms with Crippen LogP contribution < -0.4 is 10.6 Å². The van der Waals surface area contributed by atoms with Gasteiger partial charge in [0.2, 0.25) is 0 Å². The Hall–Kier alpha value is -1.55. The molecule has 1 unspecified atom stereocenters. The van der Waals surface area contributed by atoms with Crippen LogP contribution in [0.1, 0.15) is 48.7 Å². The van der Waals surface area contributed by atoms with Gasteiger partial charge in [0.15, 0.2) is 5.96 Å². The van der Waals surface area contributed by atoms with Gasteiger partial charge >= 0.3 is 0 Å². The first kappa shape index (κ1) is 24.5. The second-order valence-electron chi connectivity index (χ2n) is 7.23. The number of nitrogens with one attached hydrogen (secondary N) is 2. The Morgan fingerprint density at radius 1 is 1.25 bits per heavy atom. The van der Waals surface area contributed by atoms with E-state index in [1.54, 1.807) is 6.92 Å². The number of aliphatic imine (C=N–C) groups is 1. The molecule has 2 rings (SSSR count). The van der Waals surface area contributed by atoms with Gasteiger partial charge in [-0.25, -0.2) is 4.99 Å². The summed E-state index contributed by atoms with van der Waals surface area (Å²) in [6, 6.07) is 3.96. The Morgan fingerprint density at radius 2 is 1.96 bits per heavy atom. The van der Waals surface area contributed by atoms with Crippen molar-refractivity contribution in [3.05, 3.63) is 40.6 Å². The standard InChI is InChI=1S/C20H33N5O2.HI/c1-7-21-19(22-9-8-10-25-15(3)11-14(2)24-25)23-13-20(6,26)18-12-16(4)27-17(18)5;/h11-12,26H,7-10,13H2,1-6H3,(H2,21,22,23);1H. The van der Waals surface area contributed by atoms with Crippen LogP contribution in [0, 0.1) is 27.7 Å². The second-order valence-corrected chi connectivity index (χ2v) is 7.23. The molecule has 2 heterocycles. The molecule has 0 saturated carbocycles. The van der Waals surface area contributed by atoms with Gasteiger partial charge in [0.1, 0.15) is 17.1 Å². The van der Waals surface area contributed by atoms with Crippen molar-refractivity contribution in [2.45, 2.75) is 60.1 Å². The first-order valence-corrected chi connectivity index (χ1v) is 9.56. The van der Waals surface area contributed by atoms with Gasteiger partial charge in [0.25, 0.3) is 0 Å². The molecule has 0 amide bonds. The van der Waals surface area contributed by atoms with Crippen LogP contribution in [0.15, 0.2) is 21.5 Å². The maximum Gasteiger partial charge on any atom is 0.191 e. The number of guanidine groups is 1. The molecule has 0 aliphatic carbocycles. The number of halogens is 1. The summed E-state index contributed by atoms with van der Waals surface area (Å²) in [5.74, 6) is 2.22. The van der Waals surface area contributed by atoms with Crippen LogP contribution in [0.4, 0.5) is 0 Å². The van der Waals surface area contributed by atoms with Crippen molar-refractivity contribution in [3.8, 4) is 0 Å². The van der Waals surface area contributed by atoms with E-state index < -0.39 is 5.60 Å². The van der Waals surface area contributed by atoms with E-state index in [9.17, 15) is 5.11 Å². The highest BCUT2D eigenvalue weighted by Crippen LogP contribution is 2.27. The second kappa shape index (κ2) is 10.8. The van der Waals surface area contributed by atoms with Gasteiger partial charge < -0.3 is 20.2 Å². The van der Waals surface area contributed by atoms with Crippen LogP contribution in [-0.2, 0) is 12.1 Å². The Kier molecular flexibility index (Phi) is 9.49. The third-order valence-corrected chi connectivity index (χ3v) is 4.45. The summed E-state index contributed by atoms with van der Waals surface area (Å²) < 4.78 is 7.56. The van der Waals surface area contributed by atoms with E-state index in [4.69, 9.17) is 4.42 Å². The zero-order valence-electron chi connectivity index (χ0n) is 17.8. The van der Waals surface area contributed by atoms with Gasteiger partial charge in [-0.05, 0) is 60.1 Å². The summed E-state index contributed by atoms with van der Waals surface area (Å²) in [7, 11) is 0. The average molecular weight is 503 g/mol. The summed E-state index contributed by atoms with van der Waals surface area (Å²) in [6.07, 6.45) is 0.933. The van der Waals surface area contributed by atoms with Crippen LogP contribution >= 0.6 is 24.0 Å². The summed E-state index contributed by atoms with van der Waals surface area (Å²) in [4.78, 5) is 4.56. The van der Waals surface area contributed by atoms with Crippen LogP contribution in [0.2, 0.25) is 0 Å². The van der Waals surface area contributed by atoms with Crippen molar-refractivity contribution >= 4 is 29.9 Å². The first-order valence-electron chi connectivity index (χ1n) is 9.56. The quantitative estimate of drug-likeness (QED) is 0.223. The summed E-state index contributed by atoms with van der Waals surface area (Å²) in [6.45, 7) is 14.2. The molecular formula is C20H34IN5O2. The lowest BCUT2D eigenvalue weighted by molar-refractivity contribution is 0.0657. The Bertz CT molecular complexity index is 780. The zero-order valence-corrected chi connectivity index (χ0v) is 20.1. The topological polar surface area (TPSA) is 87.6 Å². The predicted octanol–water partition coefficient (Wildman–Crippen LogP) is 3.18. The van der Waals surface area contributed by atoms with Gasteiger partial charge in [-0.15, -0.1) is 24.0 Å². The van der Waals surface area contributed by atoms with Crippen molar-refractivity contribution in [2.24, 2.45) is 4.99 Å². The van der Waals surface area contributed by atoms with E-state index in [-0.39, 0.29) is 30.5 Å². The molecule has 28 heavy (non-hydrogen) atoms. The van der Waals surface area contributed by atoms with E-state index in [2.05, 4.69) is 33.7 Å². The molecule has 0 spiro atoms. The molecule has 0 aliphatic heterocycles. The van der Waals surface area contributed by atoms with E-state index >= 15 is 0 Å². The van der Waals surface area contributed by atoms with E-state index in [0.717, 1.165) is 48.8 Å². The normalized spacial score (nSPS) is 13.8. The van der Waals surface area contributed by atoms with Gasteiger partial charge in [0.05, 0.1) is 12.2 Å². The van der Waals surface area contributed by atoms with Crippen LogP contribution in [0.5, 0.6) is 0 Å². The SMILES string of the molecule is CCNC(=NCC(C)(O)c1cc(C)oc1C)NCCCn1nc(C)cc1C.I. The molecule has 0 radical (unpaired) electrons. The van der Waals surface area contributed by atoms with Gasteiger partial charge in [-0.3, -0.25) is 4.68 Å². The molecular weight excluding hydrogens is 469 g/mol. The minimum Gasteiger partial charge on any atom is -0.466 e. The zero-order chi connectivity index (χ0) is 20.0. The molecule has 0 bridgehead atoms. The highest BCUT2D eigenvalue weighted by atomic mass is 127. The van der Waals surface area contributed by atoms with Crippen molar-refractivity contribution < 1.29 is 9.52 Å². The molecule has 2 aromatic rings. The molecule has 0 fully saturated rings. The van der Waals surface area contributed by atoms with Crippen molar-refractivity contribution in [1.82, 2.24) is 20.4 Å². The molecule has 7 nitrogen and oxygen atoms in total. The maximum absolute atomic E-state index is 10.8. The molecule has 0 saturated heterocycles. The van der Waals surface area contributed by atoms with Gasteiger partial charge in [0, 0.05) is 30.9 Å². The number of aromatic nitrogens is 2. The highest BCUT2D eigenvalue weighted by Gasteiger charge is 2.27. The van der Waals surface area contributed by atoms with Crippen LogP contribution in [0.3, 0.4) is 0 Å². The van der Waals surface area contributed by atoms with E-state index in [1.165, 1.54) is 5.69 Å². The van der Waals surface area contributed by atoms with Crippen molar-refractivity contribution in [3.63, 3.8) is 0 Å². The monoisotopic (exact) mass is 503 g/mol. The Labute approximate surface area is 185 Å². The van der Waals surface area contributed by atoms with Gasteiger partial charge in [-0.1, -0.05) is 0 Å². The number of aliphatic hydroxyl groups is 1. The van der Waals surface area contributed by atoms with E-state index in [1.807, 2.05) is 38.4 Å². The molecule has 3 N–H and O–H groups in total. The minimum absolute atomic E-state index is 0. The minimum atomic E-state index is -1.08. The molecule has 158 valence electrons. The first-order chi connectivity index (χ1) is 12.7. The van der Waals surface area contributed by atoms with Gasteiger partial charge in [-0.2, -0.15) is 5.10 Å². The Balaban J connectivity index is 0.00000392. The smallest absolute Gasteiger partial charge is 0.191 e. The summed E-state index contributed by atoms with van der Waals surface area (Å²) >= 11 is 0. The maximum atomic E-state index is 10.8. The highest BCUT2D eigenvalue weighted by molar-refractivity contribution is 14.0. The summed E-state index contributed by atoms with van der Waals surface area (Å²) in [5, 5.41) is 21.8. The predicted molar refractivity (Wildman–Crippen MR) is 123 cm³/mol. The lowest BCUT2D eigenvalue weighted by Crippen LogP contribution is -2.39. The lowest BCUT2D eigenvalue weighted by atomic mass is 9.96. The summed E-state index contributed by atoms with van der Waals surface area (Å²) in [5.41, 5.74) is 1.93. The van der Waals surface area contributed by atoms with Crippen LogP contribution in [0.25, 0.3) is 0 Å². The van der Waals surface area contributed by atoms with Crippen molar-refractivity contribution in [1.29, 1.82) is 0 Å². The fourth-order valence-corrected chi connectivity index (χ4v) is 3.16. The number of hydrogen-bond donors (Lipinski definition) is 3. The molecule has 0 aromatic carbocycles. The fraction of sp³-hybridized carbons (Fsp3) is 0.600. The molecule has 1 atom stereocenters. The lowest BCUT2D eigenvalue weighted by Gasteiger charge is -2.21. The number of rotatable bonds is 8. The number of aryl methyl sites for hydroxylation is 5. The molecule has 0 aliphatic rings. The number of nitrogens with zero attached hydrogens (tertiary/aromatic N) is 3. The number of furan rings is 1. The van der Waals surface area contributed by atoms with Crippen LogP contribution in [-0.4, -0.2) is 40.5 Å². The number of hydrogen-bond acceptors (Lipinski definition) is 4. The van der Waals surface area contributed by atoms with E-state index in [0.29, 0.717) is 5.96 Å². The Morgan fingerprint density at radius 3 is 2.50 bits per heavy atom. The third-order valence-electron chi connectivity index (χ3n) is 4.45. The van der Waals surface area contributed by atoms with Crippen molar-refractivity contribution in [2.75, 3.05) is 19.6 Å². The fourth-order valence-electron chi connectivity index (χ4n) is 3.16. The largest absolute Gasteiger partial charge is 0.466 e. The average Bonchev–Trinajstić information content (AvgIpc) is 3.10. The third kappa shape index (κ3) is 6.80. The molecule has 8 heteroatoms. The molecule has 2 aromatic heterocycles.